The summed E-state index contributed by atoms with van der Waals surface area (Å²) in [7, 11) is 0. The summed E-state index contributed by atoms with van der Waals surface area (Å²) >= 11 is 2.09. The summed E-state index contributed by atoms with van der Waals surface area (Å²) in [6, 6.07) is 8.72. The van der Waals surface area contributed by atoms with Crippen molar-refractivity contribution in [2.45, 2.75) is 25.5 Å². The first-order valence-corrected chi connectivity index (χ1v) is 7.34. The molecule has 0 saturated carbocycles. The van der Waals surface area contributed by atoms with Crippen LogP contribution in [0.1, 0.15) is 24.0 Å². The molecule has 1 unspecified atom stereocenters. The summed E-state index contributed by atoms with van der Waals surface area (Å²) in [5.41, 5.74) is 2.92. The van der Waals surface area contributed by atoms with Crippen LogP contribution in [0.4, 0.5) is 0 Å². The Hall–Kier alpha value is -0.470. The lowest BCUT2D eigenvalue weighted by molar-refractivity contribution is 0.410. The standard InChI is InChI=1S/C14H21NS/c1-12-5-2-3-7-14(12)11-16-10-13-6-4-8-15-9-13/h2-3,5,7,13,15H,4,6,8-11H2,1H3. The maximum atomic E-state index is 3.48. The zero-order valence-corrected chi connectivity index (χ0v) is 10.9. The Bertz CT molecular complexity index is 318. The molecule has 0 aromatic heterocycles. The summed E-state index contributed by atoms with van der Waals surface area (Å²) in [6.45, 7) is 4.65. The van der Waals surface area contributed by atoms with Crippen molar-refractivity contribution in [3.05, 3.63) is 35.4 Å². The molecule has 0 radical (unpaired) electrons. The van der Waals surface area contributed by atoms with E-state index < -0.39 is 0 Å². The van der Waals surface area contributed by atoms with E-state index in [1.807, 2.05) is 0 Å². The third-order valence-electron chi connectivity index (χ3n) is 3.27. The minimum Gasteiger partial charge on any atom is -0.316 e. The van der Waals surface area contributed by atoms with Gasteiger partial charge in [-0.15, -0.1) is 0 Å². The summed E-state index contributed by atoms with van der Waals surface area (Å²) in [5.74, 6) is 3.37. The van der Waals surface area contributed by atoms with E-state index in [0.29, 0.717) is 0 Å². The van der Waals surface area contributed by atoms with Gasteiger partial charge in [-0.3, -0.25) is 0 Å². The van der Waals surface area contributed by atoms with Gasteiger partial charge >= 0.3 is 0 Å². The molecule has 0 spiro atoms. The van der Waals surface area contributed by atoms with Crippen molar-refractivity contribution < 1.29 is 0 Å². The normalized spacial score (nSPS) is 20.9. The number of rotatable bonds is 4. The van der Waals surface area contributed by atoms with Crippen LogP contribution in [0.3, 0.4) is 0 Å². The molecule has 1 atom stereocenters. The largest absolute Gasteiger partial charge is 0.316 e. The van der Waals surface area contributed by atoms with Crippen molar-refractivity contribution >= 4 is 11.8 Å². The first-order valence-electron chi connectivity index (χ1n) is 6.19. The Morgan fingerprint density at radius 2 is 2.25 bits per heavy atom. The molecular weight excluding hydrogens is 214 g/mol. The number of aryl methyl sites for hydroxylation is 1. The molecule has 1 aromatic carbocycles. The molecule has 1 fully saturated rings. The van der Waals surface area contributed by atoms with Crippen molar-refractivity contribution in [3.8, 4) is 0 Å². The molecule has 1 N–H and O–H groups in total. The average molecular weight is 235 g/mol. The van der Waals surface area contributed by atoms with Crippen molar-refractivity contribution in [2.75, 3.05) is 18.8 Å². The molecule has 2 heteroatoms. The summed E-state index contributed by atoms with van der Waals surface area (Å²) < 4.78 is 0. The van der Waals surface area contributed by atoms with Gasteiger partial charge in [-0.05, 0) is 55.7 Å². The van der Waals surface area contributed by atoms with Crippen LogP contribution >= 0.6 is 11.8 Å². The lowest BCUT2D eigenvalue weighted by Crippen LogP contribution is -2.30. The van der Waals surface area contributed by atoms with Gasteiger partial charge in [0.15, 0.2) is 0 Å². The van der Waals surface area contributed by atoms with Crippen LogP contribution in [0, 0.1) is 12.8 Å². The lowest BCUT2D eigenvalue weighted by atomic mass is 10.0. The molecule has 1 aliphatic rings. The van der Waals surface area contributed by atoms with E-state index in [-0.39, 0.29) is 0 Å². The Kier molecular flexibility index (Phi) is 4.73. The summed E-state index contributed by atoms with van der Waals surface area (Å²) in [4.78, 5) is 0. The highest BCUT2D eigenvalue weighted by molar-refractivity contribution is 7.98. The minimum atomic E-state index is 0.891. The van der Waals surface area contributed by atoms with Gasteiger partial charge in [-0.25, -0.2) is 0 Å². The predicted octanol–water partition coefficient (Wildman–Crippen LogP) is 3.23. The van der Waals surface area contributed by atoms with Crippen molar-refractivity contribution in [2.24, 2.45) is 5.92 Å². The SMILES string of the molecule is Cc1ccccc1CSCC1CCCNC1. The Morgan fingerprint density at radius 1 is 1.38 bits per heavy atom. The first-order chi connectivity index (χ1) is 7.86. The Balaban J connectivity index is 1.73. The van der Waals surface area contributed by atoms with Crippen LogP contribution < -0.4 is 5.32 Å². The molecule has 1 nitrogen and oxygen atoms in total. The van der Waals surface area contributed by atoms with E-state index in [1.54, 1.807) is 0 Å². The molecule has 1 heterocycles. The van der Waals surface area contributed by atoms with E-state index in [0.717, 1.165) is 5.92 Å². The maximum absolute atomic E-state index is 3.48. The highest BCUT2D eigenvalue weighted by atomic mass is 32.2. The van der Waals surface area contributed by atoms with E-state index in [4.69, 9.17) is 0 Å². The number of benzene rings is 1. The predicted molar refractivity (Wildman–Crippen MR) is 72.9 cm³/mol. The van der Waals surface area contributed by atoms with Gasteiger partial charge in [0, 0.05) is 5.75 Å². The smallest absolute Gasteiger partial charge is 0.0187 e. The van der Waals surface area contributed by atoms with Crippen molar-refractivity contribution in [3.63, 3.8) is 0 Å². The van der Waals surface area contributed by atoms with Gasteiger partial charge in [0.1, 0.15) is 0 Å². The fourth-order valence-corrected chi connectivity index (χ4v) is 3.45. The molecule has 1 aliphatic heterocycles. The highest BCUT2D eigenvalue weighted by Gasteiger charge is 2.12. The number of nitrogens with one attached hydrogen (secondary N) is 1. The third-order valence-corrected chi connectivity index (χ3v) is 4.49. The van der Waals surface area contributed by atoms with Crippen LogP contribution in [0.2, 0.25) is 0 Å². The fourth-order valence-electron chi connectivity index (χ4n) is 2.17. The molecule has 0 aliphatic carbocycles. The van der Waals surface area contributed by atoms with Crippen LogP contribution in [-0.2, 0) is 5.75 Å². The molecule has 88 valence electrons. The highest BCUT2D eigenvalue weighted by Crippen LogP contribution is 2.21. The van der Waals surface area contributed by atoms with Crippen LogP contribution in [-0.4, -0.2) is 18.8 Å². The van der Waals surface area contributed by atoms with E-state index in [1.165, 1.54) is 48.6 Å². The van der Waals surface area contributed by atoms with E-state index in [9.17, 15) is 0 Å². The number of piperidine rings is 1. The molecule has 2 rings (SSSR count). The van der Waals surface area contributed by atoms with Crippen LogP contribution in [0.5, 0.6) is 0 Å². The molecule has 16 heavy (non-hydrogen) atoms. The summed E-state index contributed by atoms with van der Waals surface area (Å²) in [5, 5.41) is 3.48. The van der Waals surface area contributed by atoms with Gasteiger partial charge in [-0.2, -0.15) is 11.8 Å². The zero-order valence-electron chi connectivity index (χ0n) is 10.0. The van der Waals surface area contributed by atoms with Gasteiger partial charge in [0.25, 0.3) is 0 Å². The Labute approximate surface area is 103 Å². The summed E-state index contributed by atoms with van der Waals surface area (Å²) in [6.07, 6.45) is 2.77. The minimum absolute atomic E-state index is 0.891. The first kappa shape index (κ1) is 12.0. The monoisotopic (exact) mass is 235 g/mol. The average Bonchev–Trinajstić information content (AvgIpc) is 2.33. The van der Waals surface area contributed by atoms with Crippen molar-refractivity contribution in [1.82, 2.24) is 5.32 Å². The van der Waals surface area contributed by atoms with E-state index in [2.05, 4.69) is 48.3 Å². The van der Waals surface area contributed by atoms with Gasteiger partial charge in [0.2, 0.25) is 0 Å². The Morgan fingerprint density at radius 3 is 3.00 bits per heavy atom. The molecule has 1 aromatic rings. The lowest BCUT2D eigenvalue weighted by Gasteiger charge is -2.22. The van der Waals surface area contributed by atoms with Crippen LogP contribution in [0.15, 0.2) is 24.3 Å². The second kappa shape index (κ2) is 6.31. The fraction of sp³-hybridized carbons (Fsp3) is 0.571. The van der Waals surface area contributed by atoms with E-state index >= 15 is 0 Å². The van der Waals surface area contributed by atoms with Crippen molar-refractivity contribution in [1.29, 1.82) is 0 Å². The molecular formula is C14H21NS. The quantitative estimate of drug-likeness (QED) is 0.860. The topological polar surface area (TPSA) is 12.0 Å². The maximum Gasteiger partial charge on any atom is 0.0187 e. The van der Waals surface area contributed by atoms with Crippen LogP contribution in [0.25, 0.3) is 0 Å². The molecule has 0 amide bonds. The molecule has 0 bridgehead atoms. The van der Waals surface area contributed by atoms with Gasteiger partial charge < -0.3 is 5.32 Å². The zero-order chi connectivity index (χ0) is 11.2. The number of hydrogen-bond acceptors (Lipinski definition) is 2. The number of hydrogen-bond donors (Lipinski definition) is 1. The number of thioether (sulfide) groups is 1. The van der Waals surface area contributed by atoms with Gasteiger partial charge in [-0.1, -0.05) is 24.3 Å². The molecule has 1 saturated heterocycles. The van der Waals surface area contributed by atoms with Gasteiger partial charge in [0.05, 0.1) is 0 Å². The third kappa shape index (κ3) is 3.53. The second-order valence-corrected chi connectivity index (χ2v) is 5.68. The second-order valence-electron chi connectivity index (χ2n) is 4.65.